The molecular formula is C18H21NO2. The first-order valence-corrected chi connectivity index (χ1v) is 7.66. The van der Waals surface area contributed by atoms with Crippen molar-refractivity contribution in [1.82, 2.24) is 4.98 Å². The molecule has 0 radical (unpaired) electrons. The molecule has 1 aromatic heterocycles. The molecule has 0 atom stereocenters. The van der Waals surface area contributed by atoms with E-state index in [1.165, 1.54) is 10.9 Å². The summed E-state index contributed by atoms with van der Waals surface area (Å²) >= 11 is 0. The van der Waals surface area contributed by atoms with E-state index in [0.29, 0.717) is 5.92 Å². The quantitative estimate of drug-likeness (QED) is 0.916. The molecule has 1 heterocycles. The van der Waals surface area contributed by atoms with Gasteiger partial charge in [0.25, 0.3) is 0 Å². The van der Waals surface area contributed by atoms with Crippen LogP contribution >= 0.6 is 0 Å². The standard InChI is InChI=1S/C18H21NO2/c1-12(2)16-11-19-10-13-9-14(5-6-15(13)16)18(17(20)21)7-3-4-8-18/h5-6,9-12H,3-4,7-8H2,1-2H3,(H,20,21). The number of hydrogen-bond donors (Lipinski definition) is 1. The van der Waals surface area contributed by atoms with Gasteiger partial charge in [0.05, 0.1) is 5.41 Å². The average molecular weight is 283 g/mol. The van der Waals surface area contributed by atoms with E-state index in [1.807, 2.05) is 24.5 Å². The van der Waals surface area contributed by atoms with Gasteiger partial charge in [0, 0.05) is 17.8 Å². The largest absolute Gasteiger partial charge is 0.481 e. The lowest BCUT2D eigenvalue weighted by atomic mass is 9.78. The fourth-order valence-corrected chi connectivity index (χ4v) is 3.56. The number of carboxylic acid groups (broad SMARTS) is 1. The second-order valence-electron chi connectivity index (χ2n) is 6.41. The first-order chi connectivity index (χ1) is 10.0. The third kappa shape index (κ3) is 2.21. The van der Waals surface area contributed by atoms with Crippen molar-refractivity contribution >= 4 is 16.7 Å². The van der Waals surface area contributed by atoms with Crippen molar-refractivity contribution in [3.63, 3.8) is 0 Å². The Morgan fingerprint density at radius 3 is 2.57 bits per heavy atom. The molecule has 3 nitrogen and oxygen atoms in total. The highest BCUT2D eigenvalue weighted by Gasteiger charge is 2.42. The first kappa shape index (κ1) is 14.1. The van der Waals surface area contributed by atoms with Crippen LogP contribution < -0.4 is 0 Å². The summed E-state index contributed by atoms with van der Waals surface area (Å²) in [5, 5.41) is 11.9. The Morgan fingerprint density at radius 2 is 1.95 bits per heavy atom. The number of aromatic nitrogens is 1. The Labute approximate surface area is 125 Å². The summed E-state index contributed by atoms with van der Waals surface area (Å²) in [6, 6.07) is 6.12. The molecule has 3 heteroatoms. The molecule has 1 fully saturated rings. The van der Waals surface area contributed by atoms with Crippen LogP contribution in [-0.4, -0.2) is 16.1 Å². The Balaban J connectivity index is 2.16. The minimum absolute atomic E-state index is 0.409. The minimum Gasteiger partial charge on any atom is -0.481 e. The van der Waals surface area contributed by atoms with Crippen LogP contribution in [0, 0.1) is 0 Å². The van der Waals surface area contributed by atoms with E-state index in [4.69, 9.17) is 0 Å². The highest BCUT2D eigenvalue weighted by Crippen LogP contribution is 2.42. The molecule has 1 N–H and O–H groups in total. The number of hydrogen-bond acceptors (Lipinski definition) is 2. The zero-order valence-corrected chi connectivity index (χ0v) is 12.6. The predicted molar refractivity (Wildman–Crippen MR) is 83.6 cm³/mol. The summed E-state index contributed by atoms with van der Waals surface area (Å²) in [5.74, 6) is -0.278. The van der Waals surface area contributed by atoms with E-state index in [-0.39, 0.29) is 0 Å². The van der Waals surface area contributed by atoms with Crippen molar-refractivity contribution in [3.05, 3.63) is 41.7 Å². The normalized spacial score (nSPS) is 17.5. The third-order valence-corrected chi connectivity index (χ3v) is 4.83. The van der Waals surface area contributed by atoms with Crippen LogP contribution in [-0.2, 0) is 10.2 Å². The smallest absolute Gasteiger partial charge is 0.314 e. The summed E-state index contributed by atoms with van der Waals surface area (Å²) in [6.45, 7) is 4.31. The Hall–Kier alpha value is -1.90. The fourth-order valence-electron chi connectivity index (χ4n) is 3.56. The second-order valence-corrected chi connectivity index (χ2v) is 6.41. The summed E-state index contributed by atoms with van der Waals surface area (Å²) in [5.41, 5.74) is 1.46. The molecule has 110 valence electrons. The van der Waals surface area contributed by atoms with Gasteiger partial charge in [0.2, 0.25) is 0 Å². The van der Waals surface area contributed by atoms with Gasteiger partial charge in [-0.1, -0.05) is 38.8 Å². The molecule has 0 saturated heterocycles. The van der Waals surface area contributed by atoms with E-state index in [2.05, 4.69) is 24.9 Å². The van der Waals surface area contributed by atoms with Crippen molar-refractivity contribution < 1.29 is 9.90 Å². The van der Waals surface area contributed by atoms with Gasteiger partial charge in [-0.15, -0.1) is 0 Å². The monoisotopic (exact) mass is 283 g/mol. The number of pyridine rings is 1. The van der Waals surface area contributed by atoms with Crippen molar-refractivity contribution in [2.75, 3.05) is 0 Å². The molecule has 1 saturated carbocycles. The highest BCUT2D eigenvalue weighted by atomic mass is 16.4. The van der Waals surface area contributed by atoms with E-state index in [1.54, 1.807) is 0 Å². The molecule has 0 bridgehead atoms. The maximum absolute atomic E-state index is 11.8. The number of aliphatic carboxylic acids is 1. The molecule has 0 spiro atoms. The van der Waals surface area contributed by atoms with E-state index in [9.17, 15) is 9.90 Å². The lowest BCUT2D eigenvalue weighted by Gasteiger charge is -2.25. The Bertz CT molecular complexity index is 685. The van der Waals surface area contributed by atoms with Gasteiger partial charge in [-0.25, -0.2) is 0 Å². The molecule has 21 heavy (non-hydrogen) atoms. The van der Waals surface area contributed by atoms with Gasteiger partial charge in [-0.2, -0.15) is 0 Å². The number of carbonyl (C=O) groups is 1. The number of benzene rings is 1. The molecular weight excluding hydrogens is 262 g/mol. The van der Waals surface area contributed by atoms with Crippen LogP contribution in [0.5, 0.6) is 0 Å². The Morgan fingerprint density at radius 1 is 1.24 bits per heavy atom. The average Bonchev–Trinajstić information content (AvgIpc) is 2.96. The van der Waals surface area contributed by atoms with Gasteiger partial charge in [-0.05, 0) is 41.3 Å². The molecule has 0 aliphatic heterocycles. The number of carboxylic acids is 1. The fraction of sp³-hybridized carbons (Fsp3) is 0.444. The predicted octanol–water partition coefficient (Wildman–Crippen LogP) is 4.25. The number of fused-ring (bicyclic) bond motifs is 1. The third-order valence-electron chi connectivity index (χ3n) is 4.83. The number of nitrogens with zero attached hydrogens (tertiary/aromatic N) is 1. The van der Waals surface area contributed by atoms with E-state index >= 15 is 0 Å². The molecule has 1 aromatic carbocycles. The van der Waals surface area contributed by atoms with Gasteiger partial charge in [0.1, 0.15) is 0 Å². The van der Waals surface area contributed by atoms with E-state index < -0.39 is 11.4 Å². The minimum atomic E-state index is -0.692. The van der Waals surface area contributed by atoms with Crippen LogP contribution in [0.2, 0.25) is 0 Å². The topological polar surface area (TPSA) is 50.2 Å². The van der Waals surface area contributed by atoms with Crippen LogP contribution in [0.15, 0.2) is 30.6 Å². The highest BCUT2D eigenvalue weighted by molar-refractivity contribution is 5.89. The van der Waals surface area contributed by atoms with Crippen molar-refractivity contribution in [3.8, 4) is 0 Å². The van der Waals surface area contributed by atoms with Crippen LogP contribution in [0.1, 0.15) is 56.6 Å². The molecule has 1 aliphatic carbocycles. The van der Waals surface area contributed by atoms with Gasteiger partial charge < -0.3 is 5.11 Å². The van der Waals surface area contributed by atoms with Gasteiger partial charge in [-0.3, -0.25) is 9.78 Å². The van der Waals surface area contributed by atoms with E-state index in [0.717, 1.165) is 36.6 Å². The van der Waals surface area contributed by atoms with Crippen LogP contribution in [0.3, 0.4) is 0 Å². The molecule has 3 rings (SSSR count). The lowest BCUT2D eigenvalue weighted by Crippen LogP contribution is -2.32. The summed E-state index contributed by atoms with van der Waals surface area (Å²) in [4.78, 5) is 16.1. The molecule has 1 aliphatic rings. The van der Waals surface area contributed by atoms with Crippen molar-refractivity contribution in [2.45, 2.75) is 50.9 Å². The van der Waals surface area contributed by atoms with Crippen molar-refractivity contribution in [2.24, 2.45) is 0 Å². The SMILES string of the molecule is CC(C)c1cncc2cc(C3(C(=O)O)CCCC3)ccc12. The summed E-state index contributed by atoms with van der Waals surface area (Å²) in [7, 11) is 0. The maximum atomic E-state index is 11.8. The van der Waals surface area contributed by atoms with Crippen LogP contribution in [0.25, 0.3) is 10.8 Å². The molecule has 0 amide bonds. The summed E-state index contributed by atoms with van der Waals surface area (Å²) in [6.07, 6.45) is 7.23. The maximum Gasteiger partial charge on any atom is 0.314 e. The molecule has 2 aromatic rings. The zero-order chi connectivity index (χ0) is 15.0. The van der Waals surface area contributed by atoms with Crippen LogP contribution in [0.4, 0.5) is 0 Å². The second kappa shape index (κ2) is 5.14. The lowest BCUT2D eigenvalue weighted by molar-refractivity contribution is -0.143. The number of rotatable bonds is 3. The van der Waals surface area contributed by atoms with Gasteiger partial charge in [0.15, 0.2) is 0 Å². The van der Waals surface area contributed by atoms with Crippen molar-refractivity contribution in [1.29, 1.82) is 0 Å². The molecule has 0 unspecified atom stereocenters. The zero-order valence-electron chi connectivity index (χ0n) is 12.6. The Kier molecular flexibility index (Phi) is 3.44. The van der Waals surface area contributed by atoms with Gasteiger partial charge >= 0.3 is 5.97 Å². The first-order valence-electron chi connectivity index (χ1n) is 7.66. The summed E-state index contributed by atoms with van der Waals surface area (Å²) < 4.78 is 0.